The summed E-state index contributed by atoms with van der Waals surface area (Å²) in [4.78, 5) is 22.6. The Labute approximate surface area is 131 Å². The van der Waals surface area contributed by atoms with E-state index in [9.17, 15) is 13.8 Å². The molecule has 0 fully saturated rings. The summed E-state index contributed by atoms with van der Waals surface area (Å²) in [5.74, 6) is -0.311. The summed E-state index contributed by atoms with van der Waals surface area (Å²) in [5.41, 5.74) is 0.748. The molecule has 2 N–H and O–H groups in total. The molecule has 0 heterocycles. The quantitative estimate of drug-likeness (QED) is 0.741. The zero-order valence-electron chi connectivity index (χ0n) is 12.4. The first kappa shape index (κ1) is 18.0. The molecule has 1 aromatic rings. The van der Waals surface area contributed by atoms with E-state index in [1.807, 2.05) is 0 Å². The number of alkyl carbamates (subject to hydrolysis) is 1. The number of methoxy groups -OCH3 is 1. The number of benzene rings is 1. The van der Waals surface area contributed by atoms with Gasteiger partial charge in [0.1, 0.15) is 18.4 Å². The number of hydrogen-bond donors (Lipinski definition) is 2. The number of carboxylic acid groups (broad SMARTS) is 1. The van der Waals surface area contributed by atoms with Gasteiger partial charge in [0.15, 0.2) is 0 Å². The lowest BCUT2D eigenvalue weighted by atomic mass is 10.2. The van der Waals surface area contributed by atoms with E-state index in [0.717, 1.165) is 5.56 Å². The minimum absolute atomic E-state index is 0.0157. The first-order valence-electron chi connectivity index (χ1n) is 6.51. The van der Waals surface area contributed by atoms with Crippen molar-refractivity contribution in [3.8, 4) is 5.75 Å². The topological polar surface area (TPSA) is 102 Å². The highest BCUT2D eigenvalue weighted by atomic mass is 32.2. The molecule has 2 atom stereocenters. The molecule has 0 aliphatic rings. The average Bonchev–Trinajstić information content (AvgIpc) is 2.49. The molecule has 0 aromatic heterocycles. The van der Waals surface area contributed by atoms with E-state index in [1.165, 1.54) is 6.26 Å². The van der Waals surface area contributed by atoms with Gasteiger partial charge in [0.2, 0.25) is 0 Å². The maximum Gasteiger partial charge on any atom is 0.408 e. The lowest BCUT2D eigenvalue weighted by Gasteiger charge is -2.14. The molecule has 1 amide bonds. The number of nitrogens with one attached hydrogen (secondary N) is 1. The van der Waals surface area contributed by atoms with Crippen molar-refractivity contribution in [1.82, 2.24) is 5.32 Å². The van der Waals surface area contributed by atoms with Gasteiger partial charge in [0, 0.05) is 22.8 Å². The number of carbonyl (C=O) groups excluding carboxylic acids is 1. The van der Waals surface area contributed by atoms with Crippen molar-refractivity contribution >= 4 is 22.9 Å². The van der Waals surface area contributed by atoms with Crippen molar-refractivity contribution in [1.29, 1.82) is 0 Å². The predicted octanol–water partition coefficient (Wildman–Crippen LogP) is 1.14. The van der Waals surface area contributed by atoms with Gasteiger partial charge < -0.3 is 19.9 Å². The number of rotatable bonds is 8. The highest BCUT2D eigenvalue weighted by molar-refractivity contribution is 7.84. The Kier molecular flexibility index (Phi) is 7.38. The van der Waals surface area contributed by atoms with Crippen LogP contribution >= 0.6 is 0 Å². The summed E-state index contributed by atoms with van der Waals surface area (Å²) in [6.07, 6.45) is 0.724. The fourth-order valence-corrected chi connectivity index (χ4v) is 2.16. The summed E-state index contributed by atoms with van der Waals surface area (Å²) in [5, 5.41) is 11.2. The molecule has 2 unspecified atom stereocenters. The number of hydrogen-bond acceptors (Lipinski definition) is 5. The highest BCUT2D eigenvalue weighted by Gasteiger charge is 2.20. The van der Waals surface area contributed by atoms with Crippen molar-refractivity contribution in [3.05, 3.63) is 29.8 Å². The normalized spacial score (nSPS) is 13.0. The zero-order chi connectivity index (χ0) is 16.5. The lowest BCUT2D eigenvalue weighted by Crippen LogP contribution is -2.41. The van der Waals surface area contributed by atoms with Crippen LogP contribution < -0.4 is 10.1 Å². The van der Waals surface area contributed by atoms with Crippen LogP contribution in [0.25, 0.3) is 0 Å². The van der Waals surface area contributed by atoms with Gasteiger partial charge in [-0.2, -0.15) is 0 Å². The van der Waals surface area contributed by atoms with E-state index >= 15 is 0 Å². The fourth-order valence-electron chi connectivity index (χ4n) is 1.60. The monoisotopic (exact) mass is 329 g/mol. The molecule has 0 spiro atoms. The highest BCUT2D eigenvalue weighted by Crippen LogP contribution is 2.12. The van der Waals surface area contributed by atoms with Crippen molar-refractivity contribution < 1.29 is 28.4 Å². The molecule has 0 radical (unpaired) electrons. The lowest BCUT2D eigenvalue weighted by molar-refractivity contribution is -0.139. The first-order chi connectivity index (χ1) is 10.4. The molecule has 0 aliphatic carbocycles. The number of ether oxygens (including phenoxy) is 2. The van der Waals surface area contributed by atoms with Crippen LogP contribution in [0.3, 0.4) is 0 Å². The number of amides is 1. The predicted molar refractivity (Wildman–Crippen MR) is 81.3 cm³/mol. The van der Waals surface area contributed by atoms with Gasteiger partial charge >= 0.3 is 12.1 Å². The van der Waals surface area contributed by atoms with Crippen molar-refractivity contribution in [2.24, 2.45) is 0 Å². The smallest absolute Gasteiger partial charge is 0.408 e. The molecule has 1 aromatic carbocycles. The summed E-state index contributed by atoms with van der Waals surface area (Å²) >= 11 is 0. The Morgan fingerprint density at radius 1 is 1.32 bits per heavy atom. The SMILES string of the molecule is COc1ccc(COC(=O)NC(CCS(C)=O)C(=O)O)cc1. The summed E-state index contributed by atoms with van der Waals surface area (Å²) in [6, 6.07) is 5.81. The molecule has 122 valence electrons. The number of aliphatic carboxylic acids is 1. The second-order valence-corrected chi connectivity index (χ2v) is 6.08. The third-order valence-electron chi connectivity index (χ3n) is 2.81. The minimum Gasteiger partial charge on any atom is -0.497 e. The molecule has 0 saturated carbocycles. The van der Waals surface area contributed by atoms with Crippen LogP contribution in [0.1, 0.15) is 12.0 Å². The summed E-state index contributed by atoms with van der Waals surface area (Å²) < 4.78 is 21.0. The van der Waals surface area contributed by atoms with Gasteiger partial charge in [0.25, 0.3) is 0 Å². The molecular weight excluding hydrogens is 310 g/mol. The molecule has 0 saturated heterocycles. The largest absolute Gasteiger partial charge is 0.497 e. The van der Waals surface area contributed by atoms with E-state index in [0.29, 0.717) is 5.75 Å². The van der Waals surface area contributed by atoms with E-state index in [2.05, 4.69) is 5.32 Å². The molecule has 8 heteroatoms. The Balaban J connectivity index is 2.45. The molecule has 7 nitrogen and oxygen atoms in total. The zero-order valence-corrected chi connectivity index (χ0v) is 13.2. The van der Waals surface area contributed by atoms with Crippen LogP contribution in [0.15, 0.2) is 24.3 Å². The van der Waals surface area contributed by atoms with Crippen LogP contribution in [0.5, 0.6) is 5.75 Å². The van der Waals surface area contributed by atoms with Gasteiger partial charge in [-0.1, -0.05) is 12.1 Å². The summed E-state index contributed by atoms with van der Waals surface area (Å²) in [7, 11) is 0.428. The second kappa shape index (κ2) is 9.04. The molecule has 0 bridgehead atoms. The average molecular weight is 329 g/mol. The van der Waals surface area contributed by atoms with Crippen LogP contribution in [-0.4, -0.2) is 46.5 Å². The van der Waals surface area contributed by atoms with Crippen molar-refractivity contribution in [2.45, 2.75) is 19.1 Å². The van der Waals surface area contributed by atoms with E-state index in [1.54, 1.807) is 31.4 Å². The van der Waals surface area contributed by atoms with Gasteiger partial charge in [-0.3, -0.25) is 4.21 Å². The maximum atomic E-state index is 11.6. The van der Waals surface area contributed by atoms with Crippen LogP contribution in [0.4, 0.5) is 4.79 Å². The number of carbonyl (C=O) groups is 2. The Morgan fingerprint density at radius 2 is 1.95 bits per heavy atom. The Hall–Kier alpha value is -2.09. The van der Waals surface area contributed by atoms with Gasteiger partial charge in [-0.15, -0.1) is 0 Å². The molecule has 1 rings (SSSR count). The standard InChI is InChI=1S/C14H19NO6S/c1-20-11-5-3-10(4-6-11)9-21-14(18)15-12(13(16)17)7-8-22(2)19/h3-6,12H,7-9H2,1-2H3,(H,15,18)(H,16,17). The van der Waals surface area contributed by atoms with E-state index < -0.39 is 28.9 Å². The van der Waals surface area contributed by atoms with Gasteiger partial charge in [0.05, 0.1) is 7.11 Å². The van der Waals surface area contributed by atoms with Crippen LogP contribution in [0.2, 0.25) is 0 Å². The van der Waals surface area contributed by atoms with Gasteiger partial charge in [-0.05, 0) is 24.1 Å². The maximum absolute atomic E-state index is 11.6. The fraction of sp³-hybridized carbons (Fsp3) is 0.429. The summed E-state index contributed by atoms with van der Waals surface area (Å²) in [6.45, 7) is 0.0157. The van der Waals surface area contributed by atoms with E-state index in [4.69, 9.17) is 14.6 Å². The van der Waals surface area contributed by atoms with Crippen LogP contribution in [-0.2, 0) is 26.9 Å². The van der Waals surface area contributed by atoms with Gasteiger partial charge in [-0.25, -0.2) is 9.59 Å². The van der Waals surface area contributed by atoms with Crippen molar-refractivity contribution in [2.75, 3.05) is 19.1 Å². The first-order valence-corrected chi connectivity index (χ1v) is 8.24. The third kappa shape index (κ3) is 6.57. The molecule has 22 heavy (non-hydrogen) atoms. The minimum atomic E-state index is -1.19. The molecular formula is C14H19NO6S. The number of carboxylic acids is 1. The second-order valence-electron chi connectivity index (χ2n) is 4.53. The Morgan fingerprint density at radius 3 is 2.45 bits per heavy atom. The van der Waals surface area contributed by atoms with Crippen LogP contribution in [0, 0.1) is 0 Å². The molecule has 0 aliphatic heterocycles. The Bertz CT molecular complexity index is 531. The van der Waals surface area contributed by atoms with Crippen molar-refractivity contribution in [3.63, 3.8) is 0 Å². The van der Waals surface area contributed by atoms with E-state index in [-0.39, 0.29) is 18.8 Å². The third-order valence-corrected chi connectivity index (χ3v) is 3.62.